The SMILES string of the molecule is CCCc1cc(C(=O)O)cc(SCC2CCCO2)n1. The van der Waals surface area contributed by atoms with E-state index in [0.717, 1.165) is 48.8 Å². The quantitative estimate of drug-likeness (QED) is 0.812. The molecule has 1 unspecified atom stereocenters. The molecule has 0 spiro atoms. The van der Waals surface area contributed by atoms with Crippen LogP contribution in [0.5, 0.6) is 0 Å². The van der Waals surface area contributed by atoms with Gasteiger partial charge in [0.05, 0.1) is 16.7 Å². The summed E-state index contributed by atoms with van der Waals surface area (Å²) in [6.07, 6.45) is 4.28. The van der Waals surface area contributed by atoms with Crippen molar-refractivity contribution in [1.82, 2.24) is 4.98 Å². The Morgan fingerprint density at radius 2 is 2.42 bits per heavy atom. The first kappa shape index (κ1) is 14.3. The maximum Gasteiger partial charge on any atom is 0.335 e. The van der Waals surface area contributed by atoms with Crippen LogP contribution in [0.3, 0.4) is 0 Å². The lowest BCUT2D eigenvalue weighted by Gasteiger charge is -2.09. The van der Waals surface area contributed by atoms with Crippen molar-refractivity contribution in [2.45, 2.75) is 43.7 Å². The molecule has 0 radical (unpaired) electrons. The van der Waals surface area contributed by atoms with Gasteiger partial charge in [-0.05, 0) is 31.4 Å². The monoisotopic (exact) mass is 281 g/mol. The summed E-state index contributed by atoms with van der Waals surface area (Å²) in [4.78, 5) is 15.6. The molecule has 0 aliphatic carbocycles. The maximum atomic E-state index is 11.1. The fourth-order valence-corrected chi connectivity index (χ4v) is 3.11. The summed E-state index contributed by atoms with van der Waals surface area (Å²) in [5, 5.41) is 9.91. The number of ether oxygens (including phenoxy) is 1. The van der Waals surface area contributed by atoms with Crippen molar-refractivity contribution in [2.75, 3.05) is 12.4 Å². The lowest BCUT2D eigenvalue weighted by atomic mass is 10.2. The molecule has 1 saturated heterocycles. The summed E-state index contributed by atoms with van der Waals surface area (Å²) < 4.78 is 5.57. The molecule has 5 heteroatoms. The molecule has 1 aromatic rings. The lowest BCUT2D eigenvalue weighted by Crippen LogP contribution is -2.08. The Labute approximate surface area is 117 Å². The van der Waals surface area contributed by atoms with E-state index in [1.807, 2.05) is 0 Å². The molecule has 2 heterocycles. The molecule has 0 aromatic carbocycles. The molecular formula is C14H19NO3S. The van der Waals surface area contributed by atoms with Gasteiger partial charge in [0.15, 0.2) is 0 Å². The summed E-state index contributed by atoms with van der Waals surface area (Å²) in [5.74, 6) is -0.0412. The standard InChI is InChI=1S/C14H19NO3S/c1-2-4-11-7-10(14(16)17)8-13(15-11)19-9-12-5-3-6-18-12/h7-8,12H,2-6,9H2,1H3,(H,16,17). The minimum Gasteiger partial charge on any atom is -0.478 e. The topological polar surface area (TPSA) is 59.4 Å². The zero-order valence-corrected chi connectivity index (χ0v) is 11.9. The van der Waals surface area contributed by atoms with Crippen LogP contribution in [0.4, 0.5) is 0 Å². The third-order valence-corrected chi connectivity index (χ3v) is 4.09. The van der Waals surface area contributed by atoms with Gasteiger partial charge in [-0.1, -0.05) is 13.3 Å². The Hall–Kier alpha value is -1.07. The highest BCUT2D eigenvalue weighted by molar-refractivity contribution is 7.99. The van der Waals surface area contributed by atoms with Crippen LogP contribution in [-0.4, -0.2) is 34.5 Å². The number of thioether (sulfide) groups is 1. The average molecular weight is 281 g/mol. The van der Waals surface area contributed by atoms with Gasteiger partial charge in [0.1, 0.15) is 0 Å². The molecule has 1 aromatic heterocycles. The first-order chi connectivity index (χ1) is 9.19. The second-order valence-electron chi connectivity index (χ2n) is 4.69. The zero-order chi connectivity index (χ0) is 13.7. The molecule has 1 aliphatic heterocycles. The molecule has 2 rings (SSSR count). The van der Waals surface area contributed by atoms with Crippen molar-refractivity contribution >= 4 is 17.7 Å². The van der Waals surface area contributed by atoms with Crippen LogP contribution in [0.2, 0.25) is 0 Å². The van der Waals surface area contributed by atoms with Crippen molar-refractivity contribution in [3.05, 3.63) is 23.4 Å². The van der Waals surface area contributed by atoms with Gasteiger partial charge >= 0.3 is 5.97 Å². The number of carboxylic acid groups (broad SMARTS) is 1. The van der Waals surface area contributed by atoms with Crippen LogP contribution in [0.15, 0.2) is 17.2 Å². The average Bonchev–Trinajstić information content (AvgIpc) is 2.89. The van der Waals surface area contributed by atoms with Crippen LogP contribution < -0.4 is 0 Å². The summed E-state index contributed by atoms with van der Waals surface area (Å²) in [5.41, 5.74) is 1.19. The zero-order valence-electron chi connectivity index (χ0n) is 11.1. The largest absolute Gasteiger partial charge is 0.478 e. The van der Waals surface area contributed by atoms with Gasteiger partial charge in [-0.3, -0.25) is 0 Å². The number of nitrogens with zero attached hydrogens (tertiary/aromatic N) is 1. The molecule has 1 atom stereocenters. The van der Waals surface area contributed by atoms with E-state index < -0.39 is 5.97 Å². The minimum atomic E-state index is -0.890. The number of carboxylic acids is 1. The van der Waals surface area contributed by atoms with Crippen LogP contribution in [0.25, 0.3) is 0 Å². The Morgan fingerprint density at radius 3 is 3.05 bits per heavy atom. The van der Waals surface area contributed by atoms with Crippen molar-refractivity contribution in [1.29, 1.82) is 0 Å². The molecule has 4 nitrogen and oxygen atoms in total. The van der Waals surface area contributed by atoms with E-state index in [2.05, 4.69) is 11.9 Å². The molecule has 1 aliphatic rings. The Balaban J connectivity index is 2.06. The molecular weight excluding hydrogens is 262 g/mol. The van der Waals surface area contributed by atoms with Crippen molar-refractivity contribution in [2.24, 2.45) is 0 Å². The van der Waals surface area contributed by atoms with E-state index in [1.54, 1.807) is 23.9 Å². The number of hydrogen-bond donors (Lipinski definition) is 1. The van der Waals surface area contributed by atoms with Gasteiger partial charge in [0, 0.05) is 18.1 Å². The first-order valence-corrected chi connectivity index (χ1v) is 7.66. The minimum absolute atomic E-state index is 0.287. The van der Waals surface area contributed by atoms with Gasteiger partial charge < -0.3 is 9.84 Å². The number of aromatic nitrogens is 1. The van der Waals surface area contributed by atoms with Gasteiger partial charge in [-0.2, -0.15) is 0 Å². The Bertz CT molecular complexity index is 444. The summed E-state index contributed by atoms with van der Waals surface area (Å²) in [6, 6.07) is 3.32. The second kappa shape index (κ2) is 6.91. The van der Waals surface area contributed by atoms with E-state index >= 15 is 0 Å². The number of aromatic carboxylic acids is 1. The van der Waals surface area contributed by atoms with E-state index in [0.29, 0.717) is 5.56 Å². The fraction of sp³-hybridized carbons (Fsp3) is 0.571. The summed E-state index contributed by atoms with van der Waals surface area (Å²) >= 11 is 1.59. The first-order valence-electron chi connectivity index (χ1n) is 6.67. The number of pyridine rings is 1. The van der Waals surface area contributed by atoms with E-state index in [-0.39, 0.29) is 6.10 Å². The Morgan fingerprint density at radius 1 is 1.58 bits per heavy atom. The van der Waals surface area contributed by atoms with E-state index in [9.17, 15) is 4.79 Å². The summed E-state index contributed by atoms with van der Waals surface area (Å²) in [6.45, 7) is 2.91. The predicted octanol–water partition coefficient (Wildman–Crippen LogP) is 3.00. The van der Waals surface area contributed by atoms with Crippen LogP contribution in [-0.2, 0) is 11.2 Å². The molecule has 0 saturated carbocycles. The third kappa shape index (κ3) is 4.21. The van der Waals surface area contributed by atoms with Crippen molar-refractivity contribution < 1.29 is 14.6 Å². The van der Waals surface area contributed by atoms with E-state index in [1.165, 1.54) is 0 Å². The van der Waals surface area contributed by atoms with Crippen molar-refractivity contribution in [3.63, 3.8) is 0 Å². The molecule has 19 heavy (non-hydrogen) atoms. The van der Waals surface area contributed by atoms with Gasteiger partial charge in [0.2, 0.25) is 0 Å². The number of hydrogen-bond acceptors (Lipinski definition) is 4. The maximum absolute atomic E-state index is 11.1. The van der Waals surface area contributed by atoms with E-state index in [4.69, 9.17) is 9.84 Å². The predicted molar refractivity (Wildman–Crippen MR) is 74.9 cm³/mol. The van der Waals surface area contributed by atoms with Gasteiger partial charge in [-0.25, -0.2) is 9.78 Å². The smallest absolute Gasteiger partial charge is 0.335 e. The van der Waals surface area contributed by atoms with Gasteiger partial charge in [-0.15, -0.1) is 11.8 Å². The van der Waals surface area contributed by atoms with Crippen molar-refractivity contribution in [3.8, 4) is 0 Å². The lowest BCUT2D eigenvalue weighted by molar-refractivity contribution is 0.0696. The summed E-state index contributed by atoms with van der Waals surface area (Å²) in [7, 11) is 0. The van der Waals surface area contributed by atoms with Crippen LogP contribution in [0.1, 0.15) is 42.2 Å². The number of carbonyl (C=O) groups is 1. The third-order valence-electron chi connectivity index (χ3n) is 3.05. The highest BCUT2D eigenvalue weighted by Gasteiger charge is 2.16. The highest BCUT2D eigenvalue weighted by Crippen LogP contribution is 2.24. The number of aryl methyl sites for hydroxylation is 1. The Kier molecular flexibility index (Phi) is 5.22. The molecule has 0 bridgehead atoms. The van der Waals surface area contributed by atoms with Crippen LogP contribution in [0, 0.1) is 0 Å². The molecule has 0 amide bonds. The fourth-order valence-electron chi connectivity index (χ4n) is 2.10. The second-order valence-corrected chi connectivity index (χ2v) is 5.73. The molecule has 1 N–H and O–H groups in total. The normalized spacial score (nSPS) is 18.7. The molecule has 104 valence electrons. The number of rotatable bonds is 6. The van der Waals surface area contributed by atoms with Crippen LogP contribution >= 0.6 is 11.8 Å². The van der Waals surface area contributed by atoms with Gasteiger partial charge in [0.25, 0.3) is 0 Å². The highest BCUT2D eigenvalue weighted by atomic mass is 32.2. The molecule has 1 fully saturated rings.